The SMILES string of the molecule is CC(CO)(CO)NCC1CCCCC1. The molecule has 0 radical (unpaired) electrons. The van der Waals surface area contributed by atoms with E-state index >= 15 is 0 Å². The van der Waals surface area contributed by atoms with Crippen LogP contribution in [0.25, 0.3) is 0 Å². The van der Waals surface area contributed by atoms with Crippen molar-refractivity contribution < 1.29 is 10.2 Å². The third-order valence-corrected chi connectivity index (χ3v) is 3.24. The van der Waals surface area contributed by atoms with Gasteiger partial charge in [0.2, 0.25) is 0 Å². The van der Waals surface area contributed by atoms with E-state index in [1.165, 1.54) is 32.1 Å². The highest BCUT2D eigenvalue weighted by Crippen LogP contribution is 2.23. The highest BCUT2D eigenvalue weighted by Gasteiger charge is 2.23. The summed E-state index contributed by atoms with van der Waals surface area (Å²) >= 11 is 0. The van der Waals surface area contributed by atoms with Gasteiger partial charge in [0.1, 0.15) is 0 Å². The predicted molar refractivity (Wildman–Crippen MR) is 57.2 cm³/mol. The van der Waals surface area contributed by atoms with E-state index in [4.69, 9.17) is 10.2 Å². The molecular formula is C11H23NO2. The lowest BCUT2D eigenvalue weighted by molar-refractivity contribution is 0.0982. The van der Waals surface area contributed by atoms with Crippen molar-refractivity contribution in [1.82, 2.24) is 5.32 Å². The van der Waals surface area contributed by atoms with Gasteiger partial charge in [-0.15, -0.1) is 0 Å². The van der Waals surface area contributed by atoms with Crippen LogP contribution < -0.4 is 5.32 Å². The minimum atomic E-state index is -0.503. The van der Waals surface area contributed by atoms with Crippen molar-refractivity contribution in [2.75, 3.05) is 19.8 Å². The standard InChI is InChI=1S/C11H23NO2/c1-11(8-13,9-14)12-7-10-5-3-2-4-6-10/h10,12-14H,2-9H2,1H3. The molecular weight excluding hydrogens is 178 g/mol. The number of rotatable bonds is 5. The number of hydrogen-bond donors (Lipinski definition) is 3. The number of aliphatic hydroxyl groups excluding tert-OH is 2. The van der Waals surface area contributed by atoms with Crippen LogP contribution in [0.2, 0.25) is 0 Å². The second-order valence-electron chi connectivity index (χ2n) is 4.76. The normalized spacial score (nSPS) is 19.9. The Morgan fingerprint density at radius 1 is 1.14 bits per heavy atom. The van der Waals surface area contributed by atoms with Gasteiger partial charge in [0.15, 0.2) is 0 Å². The molecule has 1 aliphatic carbocycles. The number of nitrogens with one attached hydrogen (secondary N) is 1. The van der Waals surface area contributed by atoms with Crippen molar-refractivity contribution in [3.8, 4) is 0 Å². The molecule has 14 heavy (non-hydrogen) atoms. The lowest BCUT2D eigenvalue weighted by atomic mass is 9.88. The Labute approximate surface area is 86.5 Å². The molecule has 0 saturated heterocycles. The van der Waals surface area contributed by atoms with Crippen LogP contribution in [0.4, 0.5) is 0 Å². The Morgan fingerprint density at radius 3 is 2.21 bits per heavy atom. The van der Waals surface area contributed by atoms with Gasteiger partial charge in [0, 0.05) is 0 Å². The van der Waals surface area contributed by atoms with Crippen molar-refractivity contribution in [3.05, 3.63) is 0 Å². The molecule has 3 nitrogen and oxygen atoms in total. The molecule has 0 aliphatic heterocycles. The first-order valence-corrected chi connectivity index (χ1v) is 5.67. The molecule has 0 aromatic rings. The second-order valence-corrected chi connectivity index (χ2v) is 4.76. The quantitative estimate of drug-likeness (QED) is 0.619. The molecule has 0 spiro atoms. The van der Waals surface area contributed by atoms with Crippen molar-refractivity contribution in [1.29, 1.82) is 0 Å². The van der Waals surface area contributed by atoms with E-state index < -0.39 is 5.54 Å². The maximum atomic E-state index is 9.09. The molecule has 0 bridgehead atoms. The smallest absolute Gasteiger partial charge is 0.0633 e. The Bertz CT molecular complexity index is 151. The van der Waals surface area contributed by atoms with Crippen molar-refractivity contribution >= 4 is 0 Å². The van der Waals surface area contributed by atoms with Crippen LogP contribution in [0.15, 0.2) is 0 Å². The molecule has 0 aromatic carbocycles. The molecule has 1 fully saturated rings. The molecule has 0 aromatic heterocycles. The fourth-order valence-corrected chi connectivity index (χ4v) is 1.94. The lowest BCUT2D eigenvalue weighted by Crippen LogP contribution is -2.50. The van der Waals surface area contributed by atoms with Gasteiger partial charge in [-0.3, -0.25) is 0 Å². The number of hydrogen-bond acceptors (Lipinski definition) is 3. The van der Waals surface area contributed by atoms with Crippen LogP contribution in [-0.4, -0.2) is 35.5 Å². The molecule has 84 valence electrons. The zero-order chi connectivity index (χ0) is 10.4. The third kappa shape index (κ3) is 3.56. The van der Waals surface area contributed by atoms with Crippen LogP contribution in [-0.2, 0) is 0 Å². The van der Waals surface area contributed by atoms with Gasteiger partial charge in [0.05, 0.1) is 18.8 Å². The van der Waals surface area contributed by atoms with E-state index in [-0.39, 0.29) is 13.2 Å². The van der Waals surface area contributed by atoms with Gasteiger partial charge >= 0.3 is 0 Å². The largest absolute Gasteiger partial charge is 0.394 e. The van der Waals surface area contributed by atoms with Gasteiger partial charge in [0.25, 0.3) is 0 Å². The van der Waals surface area contributed by atoms with E-state index in [2.05, 4.69) is 5.32 Å². The van der Waals surface area contributed by atoms with Crippen LogP contribution >= 0.6 is 0 Å². The summed E-state index contributed by atoms with van der Waals surface area (Å²) in [6, 6.07) is 0. The molecule has 0 amide bonds. The zero-order valence-corrected chi connectivity index (χ0v) is 9.13. The summed E-state index contributed by atoms with van der Waals surface area (Å²) in [6.07, 6.45) is 6.62. The predicted octanol–water partition coefficient (Wildman–Crippen LogP) is 0.900. The number of aliphatic hydroxyl groups is 2. The topological polar surface area (TPSA) is 52.5 Å². The molecule has 0 unspecified atom stereocenters. The third-order valence-electron chi connectivity index (χ3n) is 3.24. The van der Waals surface area contributed by atoms with Gasteiger partial charge in [-0.25, -0.2) is 0 Å². The molecule has 0 atom stereocenters. The maximum Gasteiger partial charge on any atom is 0.0633 e. The molecule has 1 rings (SSSR count). The van der Waals surface area contributed by atoms with Gasteiger partial charge in [-0.05, 0) is 32.2 Å². The van der Waals surface area contributed by atoms with Crippen molar-refractivity contribution in [3.63, 3.8) is 0 Å². The minimum Gasteiger partial charge on any atom is -0.394 e. The van der Waals surface area contributed by atoms with E-state index in [9.17, 15) is 0 Å². The minimum absolute atomic E-state index is 0.00375. The van der Waals surface area contributed by atoms with Gasteiger partial charge < -0.3 is 15.5 Å². The fourth-order valence-electron chi connectivity index (χ4n) is 1.94. The summed E-state index contributed by atoms with van der Waals surface area (Å²) in [7, 11) is 0. The molecule has 1 aliphatic rings. The second kappa shape index (κ2) is 5.69. The summed E-state index contributed by atoms with van der Waals surface area (Å²) in [5.74, 6) is 0.737. The maximum absolute atomic E-state index is 9.09. The first kappa shape index (κ1) is 12.0. The monoisotopic (exact) mass is 201 g/mol. The zero-order valence-electron chi connectivity index (χ0n) is 9.13. The lowest BCUT2D eigenvalue weighted by Gasteiger charge is -2.30. The van der Waals surface area contributed by atoms with Crippen LogP contribution in [0.5, 0.6) is 0 Å². The van der Waals surface area contributed by atoms with Crippen LogP contribution in [0.1, 0.15) is 39.0 Å². The first-order valence-electron chi connectivity index (χ1n) is 5.67. The van der Waals surface area contributed by atoms with E-state index in [1.807, 2.05) is 6.92 Å². The van der Waals surface area contributed by atoms with Crippen LogP contribution in [0, 0.1) is 5.92 Å². The van der Waals surface area contributed by atoms with Crippen LogP contribution in [0.3, 0.4) is 0 Å². The summed E-state index contributed by atoms with van der Waals surface area (Å²) in [5.41, 5.74) is -0.503. The summed E-state index contributed by atoms with van der Waals surface area (Å²) < 4.78 is 0. The van der Waals surface area contributed by atoms with Gasteiger partial charge in [-0.2, -0.15) is 0 Å². The first-order chi connectivity index (χ1) is 6.70. The molecule has 1 saturated carbocycles. The van der Waals surface area contributed by atoms with Crippen molar-refractivity contribution in [2.45, 2.75) is 44.6 Å². The Hall–Kier alpha value is -0.120. The molecule has 0 heterocycles. The highest BCUT2D eigenvalue weighted by atomic mass is 16.3. The average molecular weight is 201 g/mol. The summed E-state index contributed by atoms with van der Waals surface area (Å²) in [5, 5.41) is 21.4. The van der Waals surface area contributed by atoms with E-state index in [0.29, 0.717) is 0 Å². The Kier molecular flexibility index (Phi) is 4.85. The molecule has 3 heteroatoms. The van der Waals surface area contributed by atoms with E-state index in [1.54, 1.807) is 0 Å². The Balaban J connectivity index is 2.23. The van der Waals surface area contributed by atoms with Crippen molar-refractivity contribution in [2.24, 2.45) is 5.92 Å². The van der Waals surface area contributed by atoms with E-state index in [0.717, 1.165) is 12.5 Å². The summed E-state index contributed by atoms with van der Waals surface area (Å²) in [6.45, 7) is 2.78. The Morgan fingerprint density at radius 2 is 1.71 bits per heavy atom. The average Bonchev–Trinajstić information content (AvgIpc) is 2.27. The highest BCUT2D eigenvalue weighted by molar-refractivity contribution is 4.82. The van der Waals surface area contributed by atoms with Gasteiger partial charge in [-0.1, -0.05) is 19.3 Å². The summed E-state index contributed by atoms with van der Waals surface area (Å²) in [4.78, 5) is 0. The fraction of sp³-hybridized carbons (Fsp3) is 1.00. The molecule has 3 N–H and O–H groups in total.